The van der Waals surface area contributed by atoms with Gasteiger partial charge in [-0.2, -0.15) is 9.61 Å². The molecule has 0 aliphatic heterocycles. The van der Waals surface area contributed by atoms with E-state index in [1.165, 1.54) is 27.1 Å². The van der Waals surface area contributed by atoms with Gasteiger partial charge >= 0.3 is 0 Å². The van der Waals surface area contributed by atoms with Gasteiger partial charge in [0.2, 0.25) is 0 Å². The molecule has 0 N–H and O–H groups in total. The zero-order valence-electron chi connectivity index (χ0n) is 13.0. The molecule has 0 aromatic carbocycles. The van der Waals surface area contributed by atoms with Crippen LogP contribution in [0.25, 0.3) is 21.6 Å². The van der Waals surface area contributed by atoms with E-state index in [0.29, 0.717) is 0 Å². The third kappa shape index (κ3) is 1.82. The van der Waals surface area contributed by atoms with Gasteiger partial charge in [0.05, 0.1) is 5.39 Å². The number of hydrogen-bond acceptors (Lipinski definition) is 6. The van der Waals surface area contributed by atoms with Gasteiger partial charge in [0, 0.05) is 4.88 Å². The first-order chi connectivity index (χ1) is 11.3. The van der Waals surface area contributed by atoms with E-state index in [4.69, 9.17) is 0 Å². The Bertz CT molecular complexity index is 1040. The number of rotatable bonds is 2. The van der Waals surface area contributed by atoms with Crippen LogP contribution in [0.4, 0.5) is 0 Å². The van der Waals surface area contributed by atoms with Gasteiger partial charge < -0.3 is 0 Å². The molecule has 1 atom stereocenters. The number of nitrogens with zero attached hydrogens (tertiary/aromatic N) is 6. The molecular formula is C15H16N6S2. The van der Waals surface area contributed by atoms with Crippen molar-refractivity contribution in [3.8, 4) is 0 Å². The van der Waals surface area contributed by atoms with E-state index in [2.05, 4.69) is 38.5 Å². The van der Waals surface area contributed by atoms with Crippen molar-refractivity contribution in [2.24, 2.45) is 5.92 Å². The molecule has 5 rings (SSSR count). The zero-order valence-corrected chi connectivity index (χ0v) is 14.6. The molecule has 4 aromatic heterocycles. The van der Waals surface area contributed by atoms with Crippen LogP contribution < -0.4 is 0 Å². The lowest BCUT2D eigenvalue weighted by molar-refractivity contribution is 0.509. The lowest BCUT2D eigenvalue weighted by Gasteiger charge is -2.17. The standard InChI is InChI=1S/C15H16N6S2/c1-3-22-15-19-18-14-20(15)13-11(12-16-7-17-21(12)14)9-5-4-8(2)6-10(9)23-13/h7-8H,3-6H2,1-2H3. The predicted molar refractivity (Wildman–Crippen MR) is 92.5 cm³/mol. The summed E-state index contributed by atoms with van der Waals surface area (Å²) in [5.74, 6) is 2.48. The van der Waals surface area contributed by atoms with Gasteiger partial charge in [-0.25, -0.2) is 9.38 Å². The largest absolute Gasteiger partial charge is 0.260 e. The molecule has 8 heteroatoms. The van der Waals surface area contributed by atoms with Crippen molar-refractivity contribution in [2.45, 2.75) is 38.3 Å². The average Bonchev–Trinajstić information content (AvgIpc) is 3.21. The Balaban J connectivity index is 1.98. The highest BCUT2D eigenvalue weighted by Crippen LogP contribution is 2.40. The van der Waals surface area contributed by atoms with E-state index < -0.39 is 0 Å². The Morgan fingerprint density at radius 2 is 2.30 bits per heavy atom. The minimum Gasteiger partial charge on any atom is -0.244 e. The van der Waals surface area contributed by atoms with Gasteiger partial charge in [0.15, 0.2) is 10.8 Å². The minimum atomic E-state index is 0.755. The summed E-state index contributed by atoms with van der Waals surface area (Å²) in [6.45, 7) is 4.48. The fraction of sp³-hybridized carbons (Fsp3) is 0.467. The molecule has 0 amide bonds. The van der Waals surface area contributed by atoms with Crippen LogP contribution in [0.2, 0.25) is 0 Å². The second-order valence-electron chi connectivity index (χ2n) is 6.08. The van der Waals surface area contributed by atoms with E-state index in [-0.39, 0.29) is 0 Å². The van der Waals surface area contributed by atoms with Crippen molar-refractivity contribution in [2.75, 3.05) is 5.75 Å². The lowest BCUT2D eigenvalue weighted by Crippen LogP contribution is -2.08. The molecule has 1 aliphatic carbocycles. The van der Waals surface area contributed by atoms with Gasteiger partial charge in [-0.3, -0.25) is 0 Å². The van der Waals surface area contributed by atoms with Crippen molar-refractivity contribution in [3.63, 3.8) is 0 Å². The monoisotopic (exact) mass is 344 g/mol. The average molecular weight is 344 g/mol. The van der Waals surface area contributed by atoms with Crippen LogP contribution in [-0.4, -0.2) is 34.9 Å². The molecule has 0 bridgehead atoms. The summed E-state index contributed by atoms with van der Waals surface area (Å²) in [5, 5.41) is 15.3. The van der Waals surface area contributed by atoms with E-state index in [1.54, 1.807) is 18.1 Å². The Kier molecular flexibility index (Phi) is 2.93. The van der Waals surface area contributed by atoms with E-state index in [0.717, 1.165) is 41.1 Å². The summed E-state index contributed by atoms with van der Waals surface area (Å²) < 4.78 is 4.00. The molecule has 0 saturated heterocycles. The molecule has 0 saturated carbocycles. The maximum atomic E-state index is 4.52. The second kappa shape index (κ2) is 4.91. The summed E-state index contributed by atoms with van der Waals surface area (Å²) in [4.78, 5) is 7.24. The summed E-state index contributed by atoms with van der Waals surface area (Å²) in [6, 6.07) is 0. The molecule has 4 aromatic rings. The molecule has 0 radical (unpaired) electrons. The molecular weight excluding hydrogens is 328 g/mol. The smallest absolute Gasteiger partial charge is 0.244 e. The predicted octanol–water partition coefficient (Wildman–Crippen LogP) is 3.22. The highest BCUT2D eigenvalue weighted by Gasteiger charge is 2.26. The van der Waals surface area contributed by atoms with Crippen LogP contribution >= 0.6 is 23.1 Å². The molecule has 1 unspecified atom stereocenters. The third-order valence-corrected chi connectivity index (χ3v) is 6.60. The van der Waals surface area contributed by atoms with Crippen LogP contribution in [0, 0.1) is 5.92 Å². The molecule has 1 aliphatic rings. The van der Waals surface area contributed by atoms with E-state index >= 15 is 0 Å². The van der Waals surface area contributed by atoms with Gasteiger partial charge in [0.1, 0.15) is 11.2 Å². The molecule has 0 spiro atoms. The van der Waals surface area contributed by atoms with Gasteiger partial charge in [-0.05, 0) is 36.5 Å². The van der Waals surface area contributed by atoms with Gasteiger partial charge in [-0.1, -0.05) is 25.6 Å². The van der Waals surface area contributed by atoms with Gasteiger partial charge in [-0.15, -0.1) is 21.5 Å². The molecule has 0 fully saturated rings. The summed E-state index contributed by atoms with van der Waals surface area (Å²) in [6.07, 6.45) is 5.15. The third-order valence-electron chi connectivity index (χ3n) is 4.55. The lowest BCUT2D eigenvalue weighted by atomic mass is 9.89. The van der Waals surface area contributed by atoms with Crippen molar-refractivity contribution in [3.05, 3.63) is 16.8 Å². The van der Waals surface area contributed by atoms with Crippen molar-refractivity contribution in [1.82, 2.24) is 29.2 Å². The normalized spacial score (nSPS) is 18.3. The Morgan fingerprint density at radius 1 is 1.39 bits per heavy atom. The van der Waals surface area contributed by atoms with Gasteiger partial charge in [0.25, 0.3) is 5.78 Å². The maximum Gasteiger partial charge on any atom is 0.260 e. The number of hydrogen-bond donors (Lipinski definition) is 0. The Hall–Kier alpha value is -1.67. The maximum absolute atomic E-state index is 4.52. The van der Waals surface area contributed by atoms with Crippen LogP contribution in [0.5, 0.6) is 0 Å². The summed E-state index contributed by atoms with van der Waals surface area (Å²) in [5.41, 5.74) is 2.38. The quantitative estimate of drug-likeness (QED) is 0.523. The van der Waals surface area contributed by atoms with E-state index in [9.17, 15) is 0 Å². The topological polar surface area (TPSA) is 60.4 Å². The SMILES string of the molecule is CCSc1nnc2n3ncnc3c3c4c(sc3n12)CC(C)CC4. The minimum absolute atomic E-state index is 0.755. The second-order valence-corrected chi connectivity index (χ2v) is 8.39. The van der Waals surface area contributed by atoms with Crippen molar-refractivity contribution in [1.29, 1.82) is 0 Å². The summed E-state index contributed by atoms with van der Waals surface area (Å²) in [7, 11) is 0. The zero-order chi connectivity index (χ0) is 15.6. The number of fused-ring (bicyclic) bond motifs is 8. The number of aryl methyl sites for hydroxylation is 1. The number of aromatic nitrogens is 6. The first-order valence-corrected chi connectivity index (χ1v) is 9.72. The molecule has 118 valence electrons. The number of thiophene rings is 1. The van der Waals surface area contributed by atoms with Crippen LogP contribution in [0.15, 0.2) is 11.5 Å². The molecule has 4 heterocycles. The highest BCUT2D eigenvalue weighted by molar-refractivity contribution is 7.99. The van der Waals surface area contributed by atoms with E-state index in [1.807, 2.05) is 15.9 Å². The number of thioether (sulfide) groups is 1. The molecule has 23 heavy (non-hydrogen) atoms. The fourth-order valence-corrected chi connectivity index (χ4v) is 5.70. The summed E-state index contributed by atoms with van der Waals surface area (Å²) >= 11 is 3.60. The Morgan fingerprint density at radius 3 is 3.17 bits per heavy atom. The Labute approximate surface area is 140 Å². The van der Waals surface area contributed by atoms with Crippen LogP contribution in [-0.2, 0) is 12.8 Å². The first-order valence-electron chi connectivity index (χ1n) is 7.91. The fourth-order valence-electron chi connectivity index (χ4n) is 3.48. The highest BCUT2D eigenvalue weighted by atomic mass is 32.2. The van der Waals surface area contributed by atoms with Crippen molar-refractivity contribution < 1.29 is 0 Å². The molecule has 6 nitrogen and oxygen atoms in total. The van der Waals surface area contributed by atoms with Crippen LogP contribution in [0.3, 0.4) is 0 Å². The first kappa shape index (κ1) is 13.7. The van der Waals surface area contributed by atoms with Crippen LogP contribution in [0.1, 0.15) is 30.7 Å². The van der Waals surface area contributed by atoms with Crippen molar-refractivity contribution >= 4 is 44.7 Å².